The van der Waals surface area contributed by atoms with Crippen LogP contribution in [0.25, 0.3) is 0 Å². The molecule has 0 unspecified atom stereocenters. The molecule has 1 aliphatic heterocycles. The molecule has 24 heavy (non-hydrogen) atoms. The topological polar surface area (TPSA) is 96.9 Å². The van der Waals surface area contributed by atoms with E-state index in [1.165, 1.54) is 11.3 Å². The monoisotopic (exact) mass is 348 g/mol. The van der Waals surface area contributed by atoms with E-state index in [9.17, 15) is 14.7 Å². The fourth-order valence-corrected chi connectivity index (χ4v) is 2.95. The van der Waals surface area contributed by atoms with Crippen molar-refractivity contribution in [2.75, 3.05) is 18.7 Å². The molecule has 0 saturated heterocycles. The Balaban J connectivity index is 1.56. The van der Waals surface area contributed by atoms with E-state index in [1.807, 2.05) is 11.4 Å². The van der Waals surface area contributed by atoms with Gasteiger partial charge in [0.2, 0.25) is 6.79 Å². The number of hydrogen-bond acceptors (Lipinski definition) is 6. The van der Waals surface area contributed by atoms with E-state index in [0.717, 1.165) is 0 Å². The third-order valence-corrected chi connectivity index (χ3v) is 4.60. The van der Waals surface area contributed by atoms with Crippen molar-refractivity contribution in [2.24, 2.45) is 0 Å². The Hall–Kier alpha value is -2.58. The number of fused-ring (bicyclic) bond motifs is 1. The Labute approximate surface area is 142 Å². The third-order valence-electron chi connectivity index (χ3n) is 3.48. The highest BCUT2D eigenvalue weighted by molar-refractivity contribution is 7.10. The van der Waals surface area contributed by atoms with Crippen molar-refractivity contribution in [1.29, 1.82) is 0 Å². The van der Waals surface area contributed by atoms with Crippen LogP contribution in [0.1, 0.15) is 11.8 Å². The van der Waals surface area contributed by atoms with Gasteiger partial charge in [-0.25, -0.2) is 0 Å². The predicted octanol–water partition coefficient (Wildman–Crippen LogP) is 1.44. The van der Waals surface area contributed by atoms with Crippen molar-refractivity contribution in [1.82, 2.24) is 5.32 Å². The van der Waals surface area contributed by atoms with Gasteiger partial charge in [0.1, 0.15) is 5.60 Å². The summed E-state index contributed by atoms with van der Waals surface area (Å²) < 4.78 is 10.4. The predicted molar refractivity (Wildman–Crippen MR) is 88.1 cm³/mol. The molecular formula is C16H16N2O5S. The molecule has 2 amide bonds. The van der Waals surface area contributed by atoms with E-state index in [1.54, 1.807) is 31.2 Å². The summed E-state index contributed by atoms with van der Waals surface area (Å²) in [6.45, 7) is 1.64. The zero-order valence-corrected chi connectivity index (χ0v) is 13.7. The van der Waals surface area contributed by atoms with Crippen LogP contribution < -0.4 is 20.1 Å². The van der Waals surface area contributed by atoms with Crippen LogP contribution in [-0.2, 0) is 15.2 Å². The van der Waals surface area contributed by atoms with Crippen LogP contribution in [0.2, 0.25) is 0 Å². The average molecular weight is 348 g/mol. The Morgan fingerprint density at radius 3 is 2.79 bits per heavy atom. The molecule has 0 aliphatic carbocycles. The number of benzene rings is 1. The van der Waals surface area contributed by atoms with Crippen molar-refractivity contribution in [2.45, 2.75) is 12.5 Å². The molecule has 1 aromatic carbocycles. The lowest BCUT2D eigenvalue weighted by molar-refractivity contribution is -0.136. The number of carbonyl (C=O) groups excluding carboxylic acids is 2. The van der Waals surface area contributed by atoms with Crippen molar-refractivity contribution in [3.8, 4) is 11.5 Å². The maximum Gasteiger partial charge on any atom is 0.313 e. The van der Waals surface area contributed by atoms with E-state index in [2.05, 4.69) is 10.6 Å². The van der Waals surface area contributed by atoms with Crippen LogP contribution in [0.3, 0.4) is 0 Å². The lowest BCUT2D eigenvalue weighted by Gasteiger charge is -2.22. The number of aliphatic hydroxyl groups is 1. The van der Waals surface area contributed by atoms with Gasteiger partial charge in [-0.15, -0.1) is 11.3 Å². The van der Waals surface area contributed by atoms with E-state index in [4.69, 9.17) is 9.47 Å². The van der Waals surface area contributed by atoms with Gasteiger partial charge >= 0.3 is 11.8 Å². The Morgan fingerprint density at radius 1 is 1.25 bits per heavy atom. The van der Waals surface area contributed by atoms with Gasteiger partial charge in [-0.05, 0) is 30.5 Å². The zero-order chi connectivity index (χ0) is 17.2. The average Bonchev–Trinajstić information content (AvgIpc) is 3.23. The lowest BCUT2D eigenvalue weighted by atomic mass is 10.1. The molecule has 0 bridgehead atoms. The molecule has 3 rings (SSSR count). The molecule has 3 N–H and O–H groups in total. The molecule has 0 fully saturated rings. The summed E-state index contributed by atoms with van der Waals surface area (Å²) in [5, 5.41) is 17.1. The number of anilines is 1. The van der Waals surface area contributed by atoms with Gasteiger partial charge in [-0.3, -0.25) is 9.59 Å². The number of ether oxygens (including phenoxy) is 2. The van der Waals surface area contributed by atoms with Crippen LogP contribution >= 0.6 is 11.3 Å². The standard InChI is InChI=1S/C16H16N2O5S/c1-16(21,13-3-2-6-24-13)8-17-14(19)15(20)18-10-4-5-11-12(7-10)23-9-22-11/h2-7,21H,8-9H2,1H3,(H,17,19)(H,18,20)/t16-/m1/s1. The zero-order valence-electron chi connectivity index (χ0n) is 12.9. The molecule has 2 aromatic rings. The van der Waals surface area contributed by atoms with Crippen LogP contribution in [0.4, 0.5) is 5.69 Å². The van der Waals surface area contributed by atoms with Crippen LogP contribution in [0, 0.1) is 0 Å². The molecule has 0 spiro atoms. The summed E-state index contributed by atoms with van der Waals surface area (Å²) in [7, 11) is 0. The first-order chi connectivity index (χ1) is 11.5. The molecule has 126 valence electrons. The van der Waals surface area contributed by atoms with Crippen molar-refractivity contribution in [3.63, 3.8) is 0 Å². The Morgan fingerprint density at radius 2 is 2.04 bits per heavy atom. The second kappa shape index (κ2) is 6.50. The summed E-state index contributed by atoms with van der Waals surface area (Å²) >= 11 is 1.38. The number of rotatable bonds is 4. The minimum absolute atomic E-state index is 0.0685. The van der Waals surface area contributed by atoms with Gasteiger partial charge in [0, 0.05) is 16.6 Å². The normalized spacial score (nSPS) is 14.8. The van der Waals surface area contributed by atoms with Crippen molar-refractivity contribution < 1.29 is 24.2 Å². The van der Waals surface area contributed by atoms with Gasteiger partial charge < -0.3 is 25.2 Å². The van der Waals surface area contributed by atoms with E-state index in [0.29, 0.717) is 22.1 Å². The SMILES string of the molecule is C[C@@](O)(CNC(=O)C(=O)Nc1ccc2c(c1)OCO2)c1cccs1. The summed E-state index contributed by atoms with van der Waals surface area (Å²) in [6.07, 6.45) is 0. The molecule has 2 heterocycles. The maximum atomic E-state index is 11.9. The van der Waals surface area contributed by atoms with Gasteiger partial charge in [0.25, 0.3) is 0 Å². The van der Waals surface area contributed by atoms with Gasteiger partial charge in [0.15, 0.2) is 11.5 Å². The fraction of sp³-hybridized carbons (Fsp3) is 0.250. The number of hydrogen-bond donors (Lipinski definition) is 3. The summed E-state index contributed by atoms with van der Waals surface area (Å²) in [5.74, 6) is -0.557. The fourth-order valence-electron chi connectivity index (χ4n) is 2.17. The first-order valence-electron chi connectivity index (χ1n) is 7.21. The summed E-state index contributed by atoms with van der Waals surface area (Å²) in [4.78, 5) is 24.6. The molecule has 7 nitrogen and oxygen atoms in total. The van der Waals surface area contributed by atoms with Crippen LogP contribution in [0.15, 0.2) is 35.7 Å². The van der Waals surface area contributed by atoms with E-state index < -0.39 is 17.4 Å². The first kappa shape index (κ1) is 16.3. The van der Waals surface area contributed by atoms with Crippen molar-refractivity contribution in [3.05, 3.63) is 40.6 Å². The van der Waals surface area contributed by atoms with Crippen LogP contribution in [0.5, 0.6) is 11.5 Å². The smallest absolute Gasteiger partial charge is 0.313 e. The molecule has 0 saturated carbocycles. The number of nitrogens with one attached hydrogen (secondary N) is 2. The second-order valence-electron chi connectivity index (χ2n) is 5.46. The highest BCUT2D eigenvalue weighted by Gasteiger charge is 2.26. The Kier molecular flexibility index (Phi) is 4.41. The molecule has 8 heteroatoms. The Bertz CT molecular complexity index is 758. The number of amides is 2. The first-order valence-corrected chi connectivity index (χ1v) is 8.09. The van der Waals surface area contributed by atoms with E-state index >= 15 is 0 Å². The van der Waals surface area contributed by atoms with Crippen LogP contribution in [-0.4, -0.2) is 30.3 Å². The minimum Gasteiger partial charge on any atom is -0.454 e. The number of carbonyl (C=O) groups is 2. The van der Waals surface area contributed by atoms with Gasteiger partial charge in [0.05, 0.1) is 6.54 Å². The molecule has 0 radical (unpaired) electrons. The highest BCUT2D eigenvalue weighted by atomic mass is 32.1. The maximum absolute atomic E-state index is 11.9. The summed E-state index contributed by atoms with van der Waals surface area (Å²) in [5.41, 5.74) is -0.813. The van der Waals surface area contributed by atoms with Gasteiger partial charge in [-0.2, -0.15) is 0 Å². The molecule has 1 aromatic heterocycles. The third kappa shape index (κ3) is 3.50. The summed E-state index contributed by atoms with van der Waals surface area (Å²) in [6, 6.07) is 8.42. The quantitative estimate of drug-likeness (QED) is 0.727. The second-order valence-corrected chi connectivity index (χ2v) is 6.40. The number of thiophene rings is 1. The van der Waals surface area contributed by atoms with Crippen molar-refractivity contribution >= 4 is 28.8 Å². The molecule has 1 atom stereocenters. The largest absolute Gasteiger partial charge is 0.454 e. The highest BCUT2D eigenvalue weighted by Crippen LogP contribution is 2.34. The minimum atomic E-state index is -1.23. The van der Waals surface area contributed by atoms with E-state index in [-0.39, 0.29) is 13.3 Å². The molecular weight excluding hydrogens is 332 g/mol. The lowest BCUT2D eigenvalue weighted by Crippen LogP contribution is -2.42. The van der Waals surface area contributed by atoms with Gasteiger partial charge in [-0.1, -0.05) is 6.07 Å². The molecule has 1 aliphatic rings.